The van der Waals surface area contributed by atoms with Gasteiger partial charge >= 0.3 is 0 Å². The summed E-state index contributed by atoms with van der Waals surface area (Å²) < 4.78 is 27.0. The first-order chi connectivity index (χ1) is 12.5. The van der Waals surface area contributed by atoms with Gasteiger partial charge in [0, 0.05) is 17.3 Å². The molecule has 0 radical (unpaired) electrons. The van der Waals surface area contributed by atoms with E-state index in [0.29, 0.717) is 11.3 Å². The zero-order valence-electron chi connectivity index (χ0n) is 14.0. The maximum Gasteiger partial charge on any atom is 0.255 e. The number of fused-ring (bicyclic) bond motifs is 1. The van der Waals surface area contributed by atoms with Gasteiger partial charge in [-0.25, -0.2) is 13.1 Å². The molecule has 0 saturated heterocycles. The normalized spacial score (nSPS) is 14.3. The van der Waals surface area contributed by atoms with Gasteiger partial charge in [0.15, 0.2) is 0 Å². The summed E-state index contributed by atoms with van der Waals surface area (Å²) in [5.41, 5.74) is 1.10. The van der Waals surface area contributed by atoms with E-state index in [9.17, 15) is 13.2 Å². The SMILES string of the molecule is O=C(Nc1ccc(S(=O)(=O)NC2CC2)cc1)c1ccc2ccccc2c1. The van der Waals surface area contributed by atoms with Gasteiger partial charge in [0.2, 0.25) is 10.0 Å². The van der Waals surface area contributed by atoms with Crippen LogP contribution >= 0.6 is 0 Å². The molecule has 3 aromatic rings. The Morgan fingerprint density at radius 1 is 0.885 bits per heavy atom. The van der Waals surface area contributed by atoms with Crippen LogP contribution in [-0.4, -0.2) is 20.4 Å². The van der Waals surface area contributed by atoms with Gasteiger partial charge in [-0.05, 0) is 60.0 Å². The summed E-state index contributed by atoms with van der Waals surface area (Å²) in [5.74, 6) is -0.234. The Kier molecular flexibility index (Phi) is 4.22. The molecule has 1 aliphatic carbocycles. The lowest BCUT2D eigenvalue weighted by atomic mass is 10.1. The molecular weight excluding hydrogens is 348 g/mol. The highest BCUT2D eigenvalue weighted by Gasteiger charge is 2.27. The zero-order chi connectivity index (χ0) is 18.1. The lowest BCUT2D eigenvalue weighted by Gasteiger charge is -2.09. The average Bonchev–Trinajstić information content (AvgIpc) is 3.45. The second kappa shape index (κ2) is 6.55. The fraction of sp³-hybridized carbons (Fsp3) is 0.150. The molecule has 0 aromatic heterocycles. The van der Waals surface area contributed by atoms with Crippen molar-refractivity contribution in [2.45, 2.75) is 23.8 Å². The van der Waals surface area contributed by atoms with Crippen LogP contribution in [0.4, 0.5) is 5.69 Å². The first-order valence-corrected chi connectivity index (χ1v) is 9.92. The van der Waals surface area contributed by atoms with E-state index in [1.54, 1.807) is 18.2 Å². The van der Waals surface area contributed by atoms with Gasteiger partial charge in [-0.3, -0.25) is 4.79 Å². The number of nitrogens with one attached hydrogen (secondary N) is 2. The lowest BCUT2D eigenvalue weighted by Crippen LogP contribution is -2.25. The fourth-order valence-corrected chi connectivity index (χ4v) is 4.04. The van der Waals surface area contributed by atoms with Gasteiger partial charge in [0.05, 0.1) is 4.90 Å². The van der Waals surface area contributed by atoms with Crippen molar-refractivity contribution in [3.8, 4) is 0 Å². The number of hydrogen-bond donors (Lipinski definition) is 2. The molecule has 0 aliphatic heterocycles. The molecule has 0 unspecified atom stereocenters. The number of anilines is 1. The van der Waals surface area contributed by atoms with Crippen molar-refractivity contribution >= 4 is 32.4 Å². The Labute approximate surface area is 152 Å². The minimum atomic E-state index is -3.48. The van der Waals surface area contributed by atoms with E-state index in [1.807, 2.05) is 36.4 Å². The first-order valence-electron chi connectivity index (χ1n) is 8.44. The average molecular weight is 366 g/mol. The number of carbonyl (C=O) groups is 1. The second-order valence-electron chi connectivity index (χ2n) is 6.44. The summed E-state index contributed by atoms with van der Waals surface area (Å²) in [5, 5.41) is 4.86. The molecule has 0 atom stereocenters. The minimum Gasteiger partial charge on any atom is -0.322 e. The summed E-state index contributed by atoms with van der Waals surface area (Å²) in [6.07, 6.45) is 1.78. The third kappa shape index (κ3) is 3.61. The van der Waals surface area contributed by atoms with Gasteiger partial charge in [-0.15, -0.1) is 0 Å². The number of benzene rings is 3. The van der Waals surface area contributed by atoms with Gasteiger partial charge < -0.3 is 5.32 Å². The molecule has 26 heavy (non-hydrogen) atoms. The third-order valence-corrected chi connectivity index (χ3v) is 5.87. The Morgan fingerprint density at radius 3 is 2.27 bits per heavy atom. The zero-order valence-corrected chi connectivity index (χ0v) is 14.8. The Bertz CT molecular complexity index is 1070. The van der Waals surface area contributed by atoms with Gasteiger partial charge in [-0.1, -0.05) is 30.3 Å². The van der Waals surface area contributed by atoms with Crippen molar-refractivity contribution in [2.75, 3.05) is 5.32 Å². The van der Waals surface area contributed by atoms with Crippen LogP contribution in [0.25, 0.3) is 10.8 Å². The molecule has 0 bridgehead atoms. The van der Waals surface area contributed by atoms with E-state index in [4.69, 9.17) is 0 Å². The molecule has 3 aromatic carbocycles. The Morgan fingerprint density at radius 2 is 1.58 bits per heavy atom. The van der Waals surface area contributed by atoms with E-state index in [0.717, 1.165) is 23.6 Å². The van der Waals surface area contributed by atoms with Gasteiger partial charge in [0.1, 0.15) is 0 Å². The first kappa shape index (κ1) is 16.8. The van der Waals surface area contributed by atoms with E-state index >= 15 is 0 Å². The maximum absolute atomic E-state index is 12.5. The largest absolute Gasteiger partial charge is 0.322 e. The number of carbonyl (C=O) groups excluding carboxylic acids is 1. The predicted molar refractivity (Wildman–Crippen MR) is 102 cm³/mol. The lowest BCUT2D eigenvalue weighted by molar-refractivity contribution is 0.102. The van der Waals surface area contributed by atoms with Gasteiger partial charge in [0.25, 0.3) is 5.91 Å². The number of hydrogen-bond acceptors (Lipinski definition) is 3. The molecule has 0 heterocycles. The van der Waals surface area contributed by atoms with Crippen LogP contribution in [0.2, 0.25) is 0 Å². The van der Waals surface area contributed by atoms with Crippen molar-refractivity contribution in [3.05, 3.63) is 72.3 Å². The smallest absolute Gasteiger partial charge is 0.255 e. The molecule has 5 nitrogen and oxygen atoms in total. The van der Waals surface area contributed by atoms with Gasteiger partial charge in [-0.2, -0.15) is 0 Å². The van der Waals surface area contributed by atoms with Crippen molar-refractivity contribution in [3.63, 3.8) is 0 Å². The molecule has 4 rings (SSSR count). The summed E-state index contributed by atoms with van der Waals surface area (Å²) in [6.45, 7) is 0. The fourth-order valence-electron chi connectivity index (χ4n) is 2.74. The summed E-state index contributed by atoms with van der Waals surface area (Å²) in [7, 11) is -3.48. The third-order valence-electron chi connectivity index (χ3n) is 4.33. The van der Waals surface area contributed by atoms with Crippen LogP contribution < -0.4 is 10.0 Å². The number of amides is 1. The maximum atomic E-state index is 12.5. The molecule has 1 aliphatic rings. The van der Waals surface area contributed by atoms with E-state index < -0.39 is 10.0 Å². The summed E-state index contributed by atoms with van der Waals surface area (Å²) >= 11 is 0. The molecular formula is C20H18N2O3S. The minimum absolute atomic E-state index is 0.0623. The molecule has 132 valence electrons. The van der Waals surface area contributed by atoms with Crippen LogP contribution in [-0.2, 0) is 10.0 Å². The Balaban J connectivity index is 1.50. The van der Waals surface area contributed by atoms with Crippen molar-refractivity contribution in [1.29, 1.82) is 0 Å². The quantitative estimate of drug-likeness (QED) is 0.725. The molecule has 0 spiro atoms. The number of sulfonamides is 1. The highest BCUT2D eigenvalue weighted by atomic mass is 32.2. The van der Waals surface area contributed by atoms with Crippen molar-refractivity contribution in [1.82, 2.24) is 4.72 Å². The van der Waals surface area contributed by atoms with Crippen LogP contribution in [0.1, 0.15) is 23.2 Å². The Hall–Kier alpha value is -2.70. The highest BCUT2D eigenvalue weighted by molar-refractivity contribution is 7.89. The standard InChI is InChI=1S/C20H18N2O3S/c23-20(16-6-5-14-3-1-2-4-15(14)13-16)21-17-9-11-19(12-10-17)26(24,25)22-18-7-8-18/h1-6,9-13,18,22H,7-8H2,(H,21,23). The van der Waals surface area contributed by atoms with Crippen molar-refractivity contribution in [2.24, 2.45) is 0 Å². The summed E-state index contributed by atoms with van der Waals surface area (Å²) in [6, 6.07) is 19.6. The summed E-state index contributed by atoms with van der Waals surface area (Å²) in [4.78, 5) is 12.7. The molecule has 1 fully saturated rings. The topological polar surface area (TPSA) is 75.3 Å². The molecule has 1 saturated carbocycles. The van der Waals surface area contributed by atoms with E-state index in [2.05, 4.69) is 10.0 Å². The van der Waals surface area contributed by atoms with E-state index in [-0.39, 0.29) is 16.8 Å². The highest BCUT2D eigenvalue weighted by Crippen LogP contribution is 2.23. The predicted octanol–water partition coefficient (Wildman–Crippen LogP) is 3.53. The molecule has 2 N–H and O–H groups in total. The molecule has 6 heteroatoms. The van der Waals surface area contributed by atoms with Crippen LogP contribution in [0, 0.1) is 0 Å². The van der Waals surface area contributed by atoms with E-state index in [1.165, 1.54) is 12.1 Å². The van der Waals surface area contributed by atoms with Crippen LogP contribution in [0.5, 0.6) is 0 Å². The van der Waals surface area contributed by atoms with Crippen LogP contribution in [0.3, 0.4) is 0 Å². The monoisotopic (exact) mass is 366 g/mol. The second-order valence-corrected chi connectivity index (χ2v) is 8.15. The number of rotatable bonds is 5. The van der Waals surface area contributed by atoms with Crippen molar-refractivity contribution < 1.29 is 13.2 Å². The van der Waals surface area contributed by atoms with Crippen LogP contribution in [0.15, 0.2) is 71.6 Å². The molecule has 1 amide bonds.